The molecule has 0 aliphatic rings. The van der Waals surface area contributed by atoms with Crippen LogP contribution in [-0.2, 0) is 0 Å². The number of methoxy groups -OCH3 is 2. The highest BCUT2D eigenvalue weighted by Gasteiger charge is 2.14. The molecule has 0 N–H and O–H groups in total. The molecule has 0 spiro atoms. The summed E-state index contributed by atoms with van der Waals surface area (Å²) >= 11 is 4.60. The average molecular weight is 494 g/mol. The third-order valence-electron chi connectivity index (χ3n) is 2.56. The Kier molecular flexibility index (Phi) is 5.58. The van der Waals surface area contributed by atoms with Crippen molar-refractivity contribution in [3.05, 3.63) is 47.7 Å². The molecule has 20 heavy (non-hydrogen) atoms. The number of aromatic nitrogens is 2. The van der Waals surface area contributed by atoms with Gasteiger partial charge < -0.3 is 9.47 Å². The van der Waals surface area contributed by atoms with E-state index in [0.717, 1.165) is 18.3 Å². The van der Waals surface area contributed by atoms with Crippen LogP contribution in [0.1, 0.15) is 11.1 Å². The SMILES string of the molecule is COc1ncc(/C(I)=C(\I)c2ccccc2)c(OC)n1. The lowest BCUT2D eigenvalue weighted by molar-refractivity contribution is 0.351. The summed E-state index contributed by atoms with van der Waals surface area (Å²) in [5.74, 6) is 0.506. The zero-order valence-electron chi connectivity index (χ0n) is 10.9. The Morgan fingerprint density at radius 3 is 2.30 bits per heavy atom. The Bertz CT molecular complexity index is 630. The Hall–Kier alpha value is -0.900. The molecule has 1 heterocycles. The first-order valence-corrected chi connectivity index (χ1v) is 7.89. The number of hydrogen-bond donors (Lipinski definition) is 0. The van der Waals surface area contributed by atoms with Crippen LogP contribution in [0.2, 0.25) is 0 Å². The summed E-state index contributed by atoms with van der Waals surface area (Å²) in [6.45, 7) is 0. The van der Waals surface area contributed by atoms with Crippen LogP contribution in [0.3, 0.4) is 0 Å². The number of hydrogen-bond acceptors (Lipinski definition) is 4. The minimum atomic E-state index is 0.296. The highest BCUT2D eigenvalue weighted by Crippen LogP contribution is 2.39. The zero-order valence-corrected chi connectivity index (χ0v) is 15.2. The van der Waals surface area contributed by atoms with Crippen molar-refractivity contribution in [2.75, 3.05) is 14.2 Å². The van der Waals surface area contributed by atoms with E-state index in [2.05, 4.69) is 67.3 Å². The van der Waals surface area contributed by atoms with Crippen LogP contribution >= 0.6 is 45.2 Å². The quantitative estimate of drug-likeness (QED) is 0.599. The van der Waals surface area contributed by atoms with Crippen molar-refractivity contribution < 1.29 is 9.47 Å². The maximum Gasteiger partial charge on any atom is 0.319 e. The van der Waals surface area contributed by atoms with Gasteiger partial charge in [-0.3, -0.25) is 0 Å². The molecule has 4 nitrogen and oxygen atoms in total. The minimum absolute atomic E-state index is 0.296. The molecule has 0 aliphatic heterocycles. The van der Waals surface area contributed by atoms with E-state index in [1.54, 1.807) is 13.3 Å². The van der Waals surface area contributed by atoms with Gasteiger partial charge in [0, 0.05) is 13.4 Å². The Labute approximate surface area is 144 Å². The summed E-state index contributed by atoms with van der Waals surface area (Å²) < 4.78 is 12.5. The van der Waals surface area contributed by atoms with E-state index in [9.17, 15) is 0 Å². The maximum atomic E-state index is 5.32. The number of halogens is 2. The minimum Gasteiger partial charge on any atom is -0.480 e. The highest BCUT2D eigenvalue weighted by atomic mass is 127. The third-order valence-corrected chi connectivity index (χ3v) is 5.88. The molecular formula is C14H12I2N2O2. The van der Waals surface area contributed by atoms with Crippen molar-refractivity contribution in [2.24, 2.45) is 0 Å². The smallest absolute Gasteiger partial charge is 0.319 e. The molecule has 0 aliphatic carbocycles. The summed E-state index contributed by atoms with van der Waals surface area (Å²) in [5.41, 5.74) is 2.00. The van der Waals surface area contributed by atoms with E-state index < -0.39 is 0 Å². The van der Waals surface area contributed by atoms with Gasteiger partial charge in [0.1, 0.15) is 0 Å². The van der Waals surface area contributed by atoms with Crippen LogP contribution in [0, 0.1) is 0 Å². The van der Waals surface area contributed by atoms with Gasteiger partial charge in [-0.25, -0.2) is 4.98 Å². The molecule has 0 saturated carbocycles. The molecule has 0 amide bonds. The predicted molar refractivity (Wildman–Crippen MR) is 96.4 cm³/mol. The highest BCUT2D eigenvalue weighted by molar-refractivity contribution is 14.1. The van der Waals surface area contributed by atoms with Crippen LogP contribution in [0.25, 0.3) is 7.16 Å². The first-order chi connectivity index (χ1) is 9.67. The molecule has 0 atom stereocenters. The van der Waals surface area contributed by atoms with E-state index in [1.165, 1.54) is 7.11 Å². The van der Waals surface area contributed by atoms with Crippen molar-refractivity contribution in [2.45, 2.75) is 0 Å². The van der Waals surface area contributed by atoms with Gasteiger partial charge in [-0.15, -0.1) is 0 Å². The molecule has 1 aromatic heterocycles. The second kappa shape index (κ2) is 7.21. The van der Waals surface area contributed by atoms with Crippen molar-refractivity contribution >= 4 is 52.3 Å². The van der Waals surface area contributed by atoms with Crippen molar-refractivity contribution in [1.82, 2.24) is 9.97 Å². The van der Waals surface area contributed by atoms with Gasteiger partial charge in [0.15, 0.2) is 0 Å². The monoisotopic (exact) mass is 494 g/mol. The first kappa shape index (κ1) is 15.5. The van der Waals surface area contributed by atoms with Crippen LogP contribution in [0.15, 0.2) is 36.5 Å². The number of benzene rings is 1. The van der Waals surface area contributed by atoms with E-state index in [-0.39, 0.29) is 0 Å². The lowest BCUT2D eigenvalue weighted by atomic mass is 10.2. The van der Waals surface area contributed by atoms with Gasteiger partial charge in [-0.05, 0) is 50.7 Å². The molecular weight excluding hydrogens is 482 g/mol. The number of rotatable bonds is 4. The molecule has 0 saturated heterocycles. The fourth-order valence-corrected chi connectivity index (χ4v) is 2.92. The van der Waals surface area contributed by atoms with Gasteiger partial charge >= 0.3 is 6.01 Å². The molecule has 0 bridgehead atoms. The lowest BCUT2D eigenvalue weighted by Crippen LogP contribution is -1.98. The topological polar surface area (TPSA) is 44.2 Å². The number of nitrogens with zero attached hydrogens (tertiary/aromatic N) is 2. The lowest BCUT2D eigenvalue weighted by Gasteiger charge is -2.10. The number of ether oxygens (including phenoxy) is 2. The summed E-state index contributed by atoms with van der Waals surface area (Å²) in [4.78, 5) is 8.36. The molecule has 6 heteroatoms. The van der Waals surface area contributed by atoms with Gasteiger partial charge in [-0.2, -0.15) is 4.98 Å². The molecule has 0 fully saturated rings. The predicted octanol–water partition coefficient (Wildman–Crippen LogP) is 4.19. The van der Waals surface area contributed by atoms with Crippen molar-refractivity contribution in [1.29, 1.82) is 0 Å². The van der Waals surface area contributed by atoms with Gasteiger partial charge in [-0.1, -0.05) is 30.3 Å². The van der Waals surface area contributed by atoms with E-state index >= 15 is 0 Å². The van der Waals surface area contributed by atoms with Crippen LogP contribution < -0.4 is 9.47 Å². The molecule has 0 unspecified atom stereocenters. The van der Waals surface area contributed by atoms with Gasteiger partial charge in [0.2, 0.25) is 5.88 Å². The van der Waals surface area contributed by atoms with E-state index in [0.29, 0.717) is 11.9 Å². The Morgan fingerprint density at radius 2 is 1.70 bits per heavy atom. The van der Waals surface area contributed by atoms with Gasteiger partial charge in [0.25, 0.3) is 0 Å². The first-order valence-electron chi connectivity index (χ1n) is 5.73. The van der Waals surface area contributed by atoms with Crippen molar-refractivity contribution in [3.63, 3.8) is 0 Å². The van der Waals surface area contributed by atoms with Crippen LogP contribution in [0.4, 0.5) is 0 Å². The summed E-state index contributed by atoms with van der Waals surface area (Å²) in [5, 5.41) is 0. The van der Waals surface area contributed by atoms with Crippen LogP contribution in [0.5, 0.6) is 11.9 Å². The molecule has 1 aromatic carbocycles. The maximum absolute atomic E-state index is 5.32. The second-order valence-corrected chi connectivity index (χ2v) is 5.93. The van der Waals surface area contributed by atoms with E-state index in [1.807, 2.05) is 18.2 Å². The Balaban J connectivity index is 2.50. The molecule has 2 aromatic rings. The fraction of sp³-hybridized carbons (Fsp3) is 0.143. The molecule has 104 valence electrons. The standard InChI is InChI=1S/C14H12I2N2O2/c1-19-13-10(8-17-14(18-13)20-2)12(16)11(15)9-6-4-3-5-7-9/h3-8H,1-2H3/b12-11+. The summed E-state index contributed by atoms with van der Waals surface area (Å²) in [6, 6.07) is 10.5. The normalized spacial score (nSPS) is 11.8. The van der Waals surface area contributed by atoms with E-state index in [4.69, 9.17) is 9.47 Å². The largest absolute Gasteiger partial charge is 0.480 e. The molecule has 0 radical (unpaired) electrons. The zero-order chi connectivity index (χ0) is 14.5. The summed E-state index contributed by atoms with van der Waals surface area (Å²) in [7, 11) is 3.12. The van der Waals surface area contributed by atoms with Gasteiger partial charge in [0.05, 0.1) is 19.8 Å². The fourth-order valence-electron chi connectivity index (χ4n) is 1.58. The van der Waals surface area contributed by atoms with Crippen LogP contribution in [-0.4, -0.2) is 24.2 Å². The third kappa shape index (κ3) is 3.40. The summed E-state index contributed by atoms with van der Waals surface area (Å²) in [6.07, 6.45) is 1.72. The molecule has 2 rings (SSSR count). The average Bonchev–Trinajstić information content (AvgIpc) is 2.53. The second-order valence-electron chi connectivity index (χ2n) is 3.77. The Morgan fingerprint density at radius 1 is 1.00 bits per heavy atom. The van der Waals surface area contributed by atoms with Crippen molar-refractivity contribution in [3.8, 4) is 11.9 Å².